The maximum absolute atomic E-state index is 13.3. The molecule has 0 aromatic heterocycles. The van der Waals surface area contributed by atoms with Crippen molar-refractivity contribution in [2.75, 3.05) is 0 Å². The van der Waals surface area contributed by atoms with Crippen LogP contribution in [0.15, 0.2) is 24.3 Å². The highest BCUT2D eigenvalue weighted by Crippen LogP contribution is 2.65. The van der Waals surface area contributed by atoms with E-state index in [-0.39, 0.29) is 25.7 Å². The lowest BCUT2D eigenvalue weighted by molar-refractivity contribution is -0.186. The van der Waals surface area contributed by atoms with Crippen LogP contribution in [0.1, 0.15) is 38.5 Å². The van der Waals surface area contributed by atoms with Gasteiger partial charge in [0, 0.05) is 0 Å². The minimum absolute atomic E-state index is 0.0522. The number of fused-ring (bicyclic) bond motifs is 4. The topological polar surface area (TPSA) is 193 Å². The van der Waals surface area contributed by atoms with Crippen LogP contribution in [0.2, 0.25) is 0 Å². The molecule has 4 aliphatic rings. The third kappa shape index (κ3) is 2.80. The maximum Gasteiger partial charge on any atom is 0.324 e. The Balaban J connectivity index is 1.70. The molecule has 0 amide bonds. The van der Waals surface area contributed by atoms with Crippen LogP contribution >= 0.6 is 0 Å². The molecule has 0 saturated heterocycles. The van der Waals surface area contributed by atoms with Gasteiger partial charge < -0.3 is 25.2 Å². The van der Waals surface area contributed by atoms with E-state index in [0.717, 1.165) is 0 Å². The molecular formula is C22H22O11. The minimum atomic E-state index is -2.03. The molecule has 176 valence electrons. The summed E-state index contributed by atoms with van der Waals surface area (Å²) in [7, 11) is 0. The van der Waals surface area contributed by atoms with E-state index in [9.17, 15) is 49.2 Å². The molecule has 2 saturated carbocycles. The van der Waals surface area contributed by atoms with E-state index in [2.05, 4.69) is 0 Å². The van der Waals surface area contributed by atoms with Crippen molar-refractivity contribution in [3.63, 3.8) is 0 Å². The Bertz CT molecular complexity index is 975. The van der Waals surface area contributed by atoms with Gasteiger partial charge in [0.1, 0.15) is 10.8 Å². The van der Waals surface area contributed by atoms with Crippen LogP contribution in [0.25, 0.3) is 0 Å². The van der Waals surface area contributed by atoms with Crippen molar-refractivity contribution >= 4 is 35.8 Å². The zero-order chi connectivity index (χ0) is 24.4. The van der Waals surface area contributed by atoms with Crippen LogP contribution in [0, 0.1) is 33.5 Å². The van der Waals surface area contributed by atoms with E-state index in [1.165, 1.54) is 12.2 Å². The second-order valence-electron chi connectivity index (χ2n) is 9.59. The fraction of sp³-hybridized carbons (Fsp3) is 0.545. The average molecular weight is 462 g/mol. The van der Waals surface area contributed by atoms with Gasteiger partial charge in [-0.2, -0.15) is 0 Å². The summed E-state index contributed by atoms with van der Waals surface area (Å²) >= 11 is 0. The van der Waals surface area contributed by atoms with Gasteiger partial charge >= 0.3 is 35.8 Å². The van der Waals surface area contributed by atoms with E-state index in [0.29, 0.717) is 0 Å². The van der Waals surface area contributed by atoms with E-state index in [1.54, 1.807) is 12.2 Å². The second-order valence-corrected chi connectivity index (χ2v) is 9.59. The molecule has 4 aliphatic carbocycles. The molecule has 11 heteroatoms. The Morgan fingerprint density at radius 2 is 1.03 bits per heavy atom. The summed E-state index contributed by atoms with van der Waals surface area (Å²) in [5, 5.41) is 38.5. The van der Waals surface area contributed by atoms with Crippen LogP contribution in [0.3, 0.4) is 0 Å². The van der Waals surface area contributed by atoms with Gasteiger partial charge in [0.05, 0.1) is 23.7 Å². The lowest BCUT2D eigenvalue weighted by Gasteiger charge is -2.40. The first-order valence-electron chi connectivity index (χ1n) is 10.4. The number of esters is 2. The number of hydrogen-bond acceptors (Lipinski definition) is 7. The van der Waals surface area contributed by atoms with Crippen LogP contribution in [0.4, 0.5) is 0 Å². The number of hydrogen-bond donors (Lipinski definition) is 4. The highest BCUT2D eigenvalue weighted by atomic mass is 16.6. The van der Waals surface area contributed by atoms with Gasteiger partial charge in [-0.3, -0.25) is 28.8 Å². The molecule has 4 rings (SSSR count). The monoisotopic (exact) mass is 462 g/mol. The Hall–Kier alpha value is -3.50. The van der Waals surface area contributed by atoms with Gasteiger partial charge in [0.2, 0.25) is 0 Å². The molecule has 0 aromatic carbocycles. The van der Waals surface area contributed by atoms with Crippen molar-refractivity contribution in [3.8, 4) is 0 Å². The Kier molecular flexibility index (Phi) is 4.81. The summed E-state index contributed by atoms with van der Waals surface area (Å²) in [6, 6.07) is 0. The Morgan fingerprint density at radius 3 is 1.30 bits per heavy atom. The first kappa shape index (κ1) is 22.7. The quantitative estimate of drug-likeness (QED) is 0.229. The molecule has 6 unspecified atom stereocenters. The SMILES string of the molecule is O=C(O)CC1(C(=O)O)CC2C=CC1(C(=O)OC(=O)C13C=CC(C1)CC3(CC(=O)O)C(=O)O)C2. The third-order valence-electron chi connectivity index (χ3n) is 8.04. The van der Waals surface area contributed by atoms with Crippen molar-refractivity contribution < 1.29 is 53.9 Å². The second kappa shape index (κ2) is 7.00. The summed E-state index contributed by atoms with van der Waals surface area (Å²) in [5.74, 6) is -9.20. The van der Waals surface area contributed by atoms with E-state index in [1.807, 2.05) is 0 Å². The Morgan fingerprint density at radius 1 is 0.667 bits per heavy atom. The average Bonchev–Trinajstić information content (AvgIpc) is 3.44. The van der Waals surface area contributed by atoms with Crippen LogP contribution in [0.5, 0.6) is 0 Å². The standard InChI is InChI=1S/C22H22O11/c23-13(24)9-21(15(27)28)7-11-1-3-19(21,5-11)17(31)33-18(32)20-4-2-12(6-20)8-22(20,16(29)30)10-14(25)26/h1-4,11-12H,5-10H2,(H,23,24)(H,25,26)(H,27,28)(H,29,30). The highest BCUT2D eigenvalue weighted by molar-refractivity contribution is 6.02. The fourth-order valence-corrected chi connectivity index (χ4v) is 6.59. The molecule has 4 N–H and O–H groups in total. The Labute approximate surface area is 186 Å². The van der Waals surface area contributed by atoms with Crippen LogP contribution < -0.4 is 0 Å². The van der Waals surface area contributed by atoms with Gasteiger partial charge in [-0.05, 0) is 37.5 Å². The molecule has 0 heterocycles. The van der Waals surface area contributed by atoms with Crippen LogP contribution in [-0.2, 0) is 33.5 Å². The minimum Gasteiger partial charge on any atom is -0.481 e. The van der Waals surface area contributed by atoms with E-state index >= 15 is 0 Å². The predicted octanol–water partition coefficient (Wildman–Crippen LogP) is 1.08. The lowest BCUT2D eigenvalue weighted by Crippen LogP contribution is -2.53. The van der Waals surface area contributed by atoms with Gasteiger partial charge in [0.15, 0.2) is 0 Å². The van der Waals surface area contributed by atoms with Gasteiger partial charge in [0.25, 0.3) is 0 Å². The first-order valence-corrected chi connectivity index (χ1v) is 10.4. The molecular weight excluding hydrogens is 440 g/mol. The normalized spacial score (nSPS) is 39.5. The third-order valence-corrected chi connectivity index (χ3v) is 8.04. The van der Waals surface area contributed by atoms with Gasteiger partial charge in [-0.15, -0.1) is 0 Å². The molecule has 0 aliphatic heterocycles. The van der Waals surface area contributed by atoms with Gasteiger partial charge in [-0.25, -0.2) is 0 Å². The number of allylic oxidation sites excluding steroid dienone is 2. The van der Waals surface area contributed by atoms with Gasteiger partial charge in [-0.1, -0.05) is 24.3 Å². The van der Waals surface area contributed by atoms with Crippen LogP contribution in [-0.4, -0.2) is 56.2 Å². The zero-order valence-corrected chi connectivity index (χ0v) is 17.4. The van der Waals surface area contributed by atoms with Crippen molar-refractivity contribution in [1.82, 2.24) is 0 Å². The van der Waals surface area contributed by atoms with Crippen molar-refractivity contribution in [1.29, 1.82) is 0 Å². The fourth-order valence-electron chi connectivity index (χ4n) is 6.59. The summed E-state index contributed by atoms with van der Waals surface area (Å²) in [4.78, 5) is 74.0. The number of carbonyl (C=O) groups is 6. The maximum atomic E-state index is 13.3. The number of carbonyl (C=O) groups excluding carboxylic acids is 2. The summed E-state index contributed by atoms with van der Waals surface area (Å²) in [6.07, 6.45) is 3.63. The number of aliphatic carboxylic acids is 4. The molecule has 6 atom stereocenters. The summed E-state index contributed by atoms with van der Waals surface area (Å²) in [5.41, 5.74) is -7.87. The number of carboxylic acid groups (broad SMARTS) is 4. The summed E-state index contributed by atoms with van der Waals surface area (Å²) in [6.45, 7) is 0. The number of rotatable bonds is 8. The number of carboxylic acids is 4. The molecule has 0 aromatic rings. The molecule has 2 fully saturated rings. The van der Waals surface area contributed by atoms with Crippen molar-refractivity contribution in [2.24, 2.45) is 33.5 Å². The largest absolute Gasteiger partial charge is 0.481 e. The van der Waals surface area contributed by atoms with E-state index < -0.39 is 82.2 Å². The molecule has 33 heavy (non-hydrogen) atoms. The number of ether oxygens (including phenoxy) is 1. The van der Waals surface area contributed by atoms with E-state index in [4.69, 9.17) is 4.74 Å². The molecule has 0 radical (unpaired) electrons. The molecule has 11 nitrogen and oxygen atoms in total. The lowest BCUT2D eigenvalue weighted by atomic mass is 9.62. The molecule has 0 spiro atoms. The molecule has 4 bridgehead atoms. The zero-order valence-electron chi connectivity index (χ0n) is 17.4. The van der Waals surface area contributed by atoms with Crippen molar-refractivity contribution in [2.45, 2.75) is 38.5 Å². The first-order chi connectivity index (χ1) is 15.3. The summed E-state index contributed by atoms with van der Waals surface area (Å²) < 4.78 is 5.14. The predicted molar refractivity (Wildman–Crippen MR) is 104 cm³/mol. The smallest absolute Gasteiger partial charge is 0.324 e. The van der Waals surface area contributed by atoms with Crippen molar-refractivity contribution in [3.05, 3.63) is 24.3 Å². The highest BCUT2D eigenvalue weighted by Gasteiger charge is 2.72.